The number of hydrogen-bond donors (Lipinski definition) is 0. The van der Waals surface area contributed by atoms with Gasteiger partial charge in [0.25, 0.3) is 0 Å². The highest BCUT2D eigenvalue weighted by Crippen LogP contribution is 2.13. The van der Waals surface area contributed by atoms with Crippen molar-refractivity contribution in [3.05, 3.63) is 42.8 Å². The van der Waals surface area contributed by atoms with E-state index >= 15 is 0 Å². The number of unbranched alkanes of at least 4 members (excludes halogenated alkanes) is 12. The van der Waals surface area contributed by atoms with Gasteiger partial charge in [-0.05, 0) is 24.0 Å². The second kappa shape index (κ2) is 16.0. The largest absolute Gasteiger partial charge is 0.616 e. The molecular weight excluding hydrogens is 312 g/mol. The zero-order chi connectivity index (χ0) is 17.3. The molecule has 0 aliphatic carbocycles. The molecule has 1 nitrogen and oxygen atoms in total. The predicted molar refractivity (Wildman–Crippen MR) is 109 cm³/mol. The summed E-state index contributed by atoms with van der Waals surface area (Å²) in [6.07, 6.45) is 17.2. The molecule has 2 heteroatoms. The molecule has 1 unspecified atom stereocenters. The summed E-state index contributed by atoms with van der Waals surface area (Å²) in [6, 6.07) is 10.2. The second-order valence-corrected chi connectivity index (χ2v) is 8.45. The van der Waals surface area contributed by atoms with Crippen molar-refractivity contribution in [1.82, 2.24) is 0 Å². The van der Waals surface area contributed by atoms with Crippen LogP contribution < -0.4 is 0 Å². The van der Waals surface area contributed by atoms with Crippen LogP contribution in [0.5, 0.6) is 0 Å². The molecule has 1 rings (SSSR count). The van der Waals surface area contributed by atoms with Gasteiger partial charge < -0.3 is 4.55 Å². The predicted octanol–water partition coefficient (Wildman–Crippen LogP) is 6.84. The summed E-state index contributed by atoms with van der Waals surface area (Å²) in [5.74, 6) is 1.58. The van der Waals surface area contributed by atoms with E-state index in [1.807, 2.05) is 18.2 Å². The van der Waals surface area contributed by atoms with E-state index in [2.05, 4.69) is 19.1 Å². The minimum absolute atomic E-state index is 0.690. The van der Waals surface area contributed by atoms with Crippen molar-refractivity contribution in [3.8, 4) is 0 Å². The molecule has 0 amide bonds. The van der Waals surface area contributed by atoms with Crippen LogP contribution in [0.1, 0.15) is 89.0 Å². The third kappa shape index (κ3) is 12.9. The molecule has 1 aromatic rings. The maximum Gasteiger partial charge on any atom is 0.130 e. The lowest BCUT2D eigenvalue weighted by Gasteiger charge is -2.10. The molecule has 24 heavy (non-hydrogen) atoms. The standard InChI is InChI=1S/C22H37OS/c1-2-3-4-5-6-7-8-9-10-11-12-13-17-20-24(23)21-22-18-15-14-16-19-22/h14-16,18-19H,1-13,17,20-21H2. The highest BCUT2D eigenvalue weighted by atomic mass is 32.2. The highest BCUT2D eigenvalue weighted by molar-refractivity contribution is 7.90. The smallest absolute Gasteiger partial charge is 0.130 e. The molecule has 0 saturated heterocycles. The zero-order valence-corrected chi connectivity index (χ0v) is 16.3. The zero-order valence-electron chi connectivity index (χ0n) is 15.5. The average Bonchev–Trinajstić information content (AvgIpc) is 2.60. The van der Waals surface area contributed by atoms with E-state index in [0.717, 1.165) is 24.3 Å². The summed E-state index contributed by atoms with van der Waals surface area (Å²) in [7, 11) is 0. The minimum Gasteiger partial charge on any atom is -0.616 e. The highest BCUT2D eigenvalue weighted by Gasteiger charge is 2.06. The molecule has 1 atom stereocenters. The van der Waals surface area contributed by atoms with Crippen LogP contribution in [0.4, 0.5) is 0 Å². The first-order valence-electron chi connectivity index (χ1n) is 10.0. The van der Waals surface area contributed by atoms with E-state index in [1.54, 1.807) is 0 Å². The lowest BCUT2D eigenvalue weighted by Crippen LogP contribution is -2.09. The lowest BCUT2D eigenvalue weighted by molar-refractivity contribution is 0.543. The average molecular weight is 350 g/mol. The van der Waals surface area contributed by atoms with Gasteiger partial charge in [-0.15, -0.1) is 0 Å². The monoisotopic (exact) mass is 349 g/mol. The third-order valence-corrected chi connectivity index (χ3v) is 5.94. The first kappa shape index (κ1) is 21.6. The van der Waals surface area contributed by atoms with Crippen molar-refractivity contribution in [1.29, 1.82) is 0 Å². The molecule has 0 aliphatic heterocycles. The van der Waals surface area contributed by atoms with E-state index in [1.165, 1.54) is 76.2 Å². The van der Waals surface area contributed by atoms with Crippen molar-refractivity contribution >= 4 is 11.2 Å². The Balaban J connectivity index is 1.80. The molecule has 0 aromatic heterocycles. The summed E-state index contributed by atoms with van der Waals surface area (Å²) in [5.41, 5.74) is 1.20. The van der Waals surface area contributed by atoms with E-state index in [4.69, 9.17) is 0 Å². The fourth-order valence-corrected chi connectivity index (χ4v) is 4.27. The Hall–Kier alpha value is -0.470. The molecule has 1 radical (unpaired) electrons. The molecule has 0 saturated carbocycles. The Labute approximate surface area is 153 Å². The summed E-state index contributed by atoms with van der Waals surface area (Å²) in [5, 5.41) is 0. The molecule has 1 aromatic carbocycles. The topological polar surface area (TPSA) is 23.1 Å². The molecule has 0 heterocycles. The summed E-state index contributed by atoms with van der Waals surface area (Å²) in [6.45, 7) is 3.89. The van der Waals surface area contributed by atoms with Gasteiger partial charge in [0.15, 0.2) is 0 Å². The van der Waals surface area contributed by atoms with Crippen LogP contribution in [0.15, 0.2) is 30.3 Å². The maximum atomic E-state index is 12.0. The fraction of sp³-hybridized carbons (Fsp3) is 0.682. The first-order valence-corrected chi connectivity index (χ1v) is 11.5. The van der Waals surface area contributed by atoms with Crippen LogP contribution in [0.25, 0.3) is 0 Å². The maximum absolute atomic E-state index is 12.0. The van der Waals surface area contributed by atoms with Crippen LogP contribution in [-0.2, 0) is 16.9 Å². The summed E-state index contributed by atoms with van der Waals surface area (Å²) >= 11 is -0.690. The van der Waals surface area contributed by atoms with Crippen molar-refractivity contribution in [2.45, 2.75) is 89.2 Å². The Morgan fingerprint density at radius 3 is 1.62 bits per heavy atom. The number of hydrogen-bond acceptors (Lipinski definition) is 1. The Kier molecular flexibility index (Phi) is 14.4. The SMILES string of the molecule is [CH2]CCCCCCCCCCCCCC[S+]([O-])Cc1ccccc1. The van der Waals surface area contributed by atoms with E-state index in [-0.39, 0.29) is 0 Å². The second-order valence-electron chi connectivity index (χ2n) is 6.87. The van der Waals surface area contributed by atoms with Gasteiger partial charge in [-0.3, -0.25) is 0 Å². The minimum atomic E-state index is -0.690. The molecule has 0 aliphatic rings. The Morgan fingerprint density at radius 1 is 0.667 bits per heavy atom. The quantitative estimate of drug-likeness (QED) is 0.237. The van der Waals surface area contributed by atoms with Gasteiger partial charge in [0, 0.05) is 5.56 Å². The summed E-state index contributed by atoms with van der Waals surface area (Å²) in [4.78, 5) is 0. The van der Waals surface area contributed by atoms with Crippen molar-refractivity contribution in [3.63, 3.8) is 0 Å². The molecule has 137 valence electrons. The number of rotatable bonds is 16. The van der Waals surface area contributed by atoms with Crippen LogP contribution in [0, 0.1) is 6.92 Å². The molecular formula is C22H37OS. The van der Waals surface area contributed by atoms with Crippen LogP contribution in [-0.4, -0.2) is 10.3 Å². The van der Waals surface area contributed by atoms with E-state index in [9.17, 15) is 4.55 Å². The third-order valence-electron chi connectivity index (χ3n) is 4.54. The fourth-order valence-electron chi connectivity index (χ4n) is 3.04. The van der Waals surface area contributed by atoms with Gasteiger partial charge in [-0.1, -0.05) is 108 Å². The van der Waals surface area contributed by atoms with E-state index < -0.39 is 11.2 Å². The van der Waals surface area contributed by atoms with Gasteiger partial charge in [-0.2, -0.15) is 0 Å². The van der Waals surface area contributed by atoms with Crippen molar-refractivity contribution in [2.24, 2.45) is 0 Å². The van der Waals surface area contributed by atoms with Crippen molar-refractivity contribution < 1.29 is 4.55 Å². The summed E-state index contributed by atoms with van der Waals surface area (Å²) < 4.78 is 12.0. The number of benzene rings is 1. The van der Waals surface area contributed by atoms with Gasteiger partial charge in [0.1, 0.15) is 11.5 Å². The molecule has 0 spiro atoms. The molecule has 0 N–H and O–H groups in total. The van der Waals surface area contributed by atoms with Crippen LogP contribution in [0.3, 0.4) is 0 Å². The lowest BCUT2D eigenvalue weighted by atomic mass is 10.1. The molecule has 0 bridgehead atoms. The Bertz CT molecular complexity index is 365. The van der Waals surface area contributed by atoms with Gasteiger partial charge in [-0.25, -0.2) is 0 Å². The Morgan fingerprint density at radius 2 is 1.12 bits per heavy atom. The molecule has 0 fully saturated rings. The van der Waals surface area contributed by atoms with Gasteiger partial charge in [0.2, 0.25) is 0 Å². The van der Waals surface area contributed by atoms with Crippen LogP contribution in [0.2, 0.25) is 0 Å². The van der Waals surface area contributed by atoms with Gasteiger partial charge in [0.05, 0.1) is 0 Å². The van der Waals surface area contributed by atoms with Crippen molar-refractivity contribution in [2.75, 3.05) is 5.75 Å². The van der Waals surface area contributed by atoms with Crippen LogP contribution >= 0.6 is 0 Å². The first-order chi connectivity index (χ1) is 11.8. The van der Waals surface area contributed by atoms with E-state index in [0.29, 0.717) is 0 Å². The van der Waals surface area contributed by atoms with Gasteiger partial charge >= 0.3 is 0 Å². The normalized spacial score (nSPS) is 12.4.